The Morgan fingerprint density at radius 3 is 2.02 bits per heavy atom. The van der Waals surface area contributed by atoms with E-state index in [9.17, 15) is 0 Å². The first-order chi connectivity index (χ1) is 28.2. The zero-order valence-electron chi connectivity index (χ0n) is 31.5. The Morgan fingerprint density at radius 2 is 1.19 bits per heavy atom. The Bertz CT molecular complexity index is 3290. The minimum absolute atomic E-state index is 0.166. The van der Waals surface area contributed by atoms with Crippen LogP contribution in [0, 0.1) is 5.92 Å². The van der Waals surface area contributed by atoms with E-state index in [1.165, 1.54) is 95.8 Å². The number of hydrogen-bond donors (Lipinski definition) is 0. The molecule has 10 aromatic rings. The summed E-state index contributed by atoms with van der Waals surface area (Å²) < 4.78 is 3.99. The number of anilines is 5. The van der Waals surface area contributed by atoms with Crippen LogP contribution in [0.15, 0.2) is 170 Å². The summed E-state index contributed by atoms with van der Waals surface area (Å²) in [5.74, 6) is 0.334. The Hall–Kier alpha value is -6.20. The van der Waals surface area contributed by atoms with Crippen LogP contribution in [0.5, 0.6) is 0 Å². The number of aryl methyl sites for hydroxylation is 1. The molecule has 0 aliphatic heterocycles. The molecule has 272 valence electrons. The van der Waals surface area contributed by atoms with Gasteiger partial charge in [0.2, 0.25) is 0 Å². The van der Waals surface area contributed by atoms with Crippen molar-refractivity contribution < 1.29 is 0 Å². The van der Waals surface area contributed by atoms with Crippen molar-refractivity contribution in [2.75, 3.05) is 9.80 Å². The quantitative estimate of drug-likeness (QED) is 0.156. The molecule has 2 unspecified atom stereocenters. The highest BCUT2D eigenvalue weighted by atomic mass is 32.1. The highest BCUT2D eigenvalue weighted by Crippen LogP contribution is 2.51. The van der Waals surface area contributed by atoms with Crippen molar-refractivity contribution >= 4 is 120 Å². The van der Waals surface area contributed by atoms with Crippen LogP contribution in [-0.4, -0.2) is 6.04 Å². The van der Waals surface area contributed by atoms with Gasteiger partial charge in [0.25, 0.3) is 0 Å². The minimum Gasteiger partial charge on any atom is -0.332 e. The van der Waals surface area contributed by atoms with Crippen molar-refractivity contribution in [2.24, 2.45) is 5.92 Å². The van der Waals surface area contributed by atoms with E-state index in [1.807, 2.05) is 22.7 Å². The molecule has 4 heteroatoms. The van der Waals surface area contributed by atoms with Gasteiger partial charge >= 0.3 is 0 Å². The third-order valence-corrected chi connectivity index (χ3v) is 14.8. The fourth-order valence-electron chi connectivity index (χ4n) is 9.69. The van der Waals surface area contributed by atoms with E-state index in [1.54, 1.807) is 0 Å². The molecule has 0 radical (unpaired) electrons. The summed E-state index contributed by atoms with van der Waals surface area (Å²) in [6, 6.07) is 52.5. The second-order valence-electron chi connectivity index (χ2n) is 15.5. The van der Waals surface area contributed by atoms with E-state index in [0.29, 0.717) is 5.92 Å². The number of thiophene rings is 2. The molecule has 2 aliphatic carbocycles. The van der Waals surface area contributed by atoms with E-state index < -0.39 is 0 Å². The number of nitrogens with zero attached hydrogens (tertiary/aromatic N) is 2. The van der Waals surface area contributed by atoms with Gasteiger partial charge in [-0.05, 0) is 88.3 Å². The number of rotatable bonds is 6. The van der Waals surface area contributed by atoms with Gasteiger partial charge < -0.3 is 9.80 Å². The summed E-state index contributed by atoms with van der Waals surface area (Å²) in [6.45, 7) is 2.36. The maximum Gasteiger partial charge on any atom is 0.0640 e. The molecule has 0 N–H and O–H groups in total. The molecule has 0 spiro atoms. The second kappa shape index (κ2) is 12.9. The van der Waals surface area contributed by atoms with Gasteiger partial charge in [0, 0.05) is 47.9 Å². The molecule has 0 amide bonds. The Labute approximate surface area is 339 Å². The van der Waals surface area contributed by atoms with Gasteiger partial charge in [-0.3, -0.25) is 0 Å². The van der Waals surface area contributed by atoms with Crippen LogP contribution in [0.3, 0.4) is 0 Å². The molecule has 0 bridgehead atoms. The number of fused-ring (bicyclic) bond motifs is 6. The van der Waals surface area contributed by atoms with Crippen molar-refractivity contribution in [3.8, 4) is 0 Å². The minimum atomic E-state index is 0.166. The molecule has 2 nitrogen and oxygen atoms in total. The average Bonchev–Trinajstić information content (AvgIpc) is 3.84. The Kier molecular flexibility index (Phi) is 7.48. The Balaban J connectivity index is 1.12. The summed E-state index contributed by atoms with van der Waals surface area (Å²) >= 11 is 3.88. The van der Waals surface area contributed by atoms with E-state index in [2.05, 4.69) is 193 Å². The SMILES string of the molecule is CC1C=CC=CC1N(c1ccc2ccc3c(N(c4ccccc4)c4cccc5c4sc4ccccc45)ccc4ccc1c2c43)c1cccc2c3c(sc12)CCC=C3. The van der Waals surface area contributed by atoms with Crippen LogP contribution in [0.25, 0.3) is 68.7 Å². The van der Waals surface area contributed by atoms with Gasteiger partial charge in [0.15, 0.2) is 0 Å². The highest BCUT2D eigenvalue weighted by Gasteiger charge is 2.29. The molecule has 12 rings (SSSR count). The lowest BCUT2D eigenvalue weighted by molar-refractivity contribution is 0.611. The highest BCUT2D eigenvalue weighted by molar-refractivity contribution is 7.26. The summed E-state index contributed by atoms with van der Waals surface area (Å²) in [7, 11) is 0. The van der Waals surface area contributed by atoms with Gasteiger partial charge in [-0.1, -0.05) is 140 Å². The van der Waals surface area contributed by atoms with Crippen molar-refractivity contribution in [3.05, 3.63) is 180 Å². The molecule has 0 fully saturated rings. The summed E-state index contributed by atoms with van der Waals surface area (Å²) in [5.41, 5.74) is 7.49. The van der Waals surface area contributed by atoms with Crippen LogP contribution in [0.4, 0.5) is 28.4 Å². The fraction of sp³-hybridized carbons (Fsp3) is 0.0943. The first-order valence-electron chi connectivity index (χ1n) is 20.0. The van der Waals surface area contributed by atoms with Gasteiger partial charge in [-0.25, -0.2) is 0 Å². The number of para-hydroxylation sites is 1. The average molecular weight is 767 g/mol. The van der Waals surface area contributed by atoms with Crippen molar-refractivity contribution in [1.82, 2.24) is 0 Å². The van der Waals surface area contributed by atoms with Crippen LogP contribution in [0.1, 0.15) is 23.8 Å². The topological polar surface area (TPSA) is 6.48 Å². The molecule has 2 aromatic heterocycles. The maximum absolute atomic E-state index is 2.66. The van der Waals surface area contributed by atoms with E-state index in [4.69, 9.17) is 0 Å². The van der Waals surface area contributed by atoms with E-state index in [0.717, 1.165) is 18.5 Å². The molecule has 2 aliphatic rings. The third kappa shape index (κ3) is 5.00. The predicted molar refractivity (Wildman–Crippen MR) is 250 cm³/mol. The summed E-state index contributed by atoms with van der Waals surface area (Å²) in [4.78, 5) is 6.65. The fourth-order valence-corrected chi connectivity index (χ4v) is 12.2. The lowest BCUT2D eigenvalue weighted by Gasteiger charge is -2.37. The molecule has 57 heavy (non-hydrogen) atoms. The second-order valence-corrected chi connectivity index (χ2v) is 17.7. The van der Waals surface area contributed by atoms with Crippen LogP contribution in [0.2, 0.25) is 0 Å². The number of benzene rings is 8. The maximum atomic E-state index is 2.66. The van der Waals surface area contributed by atoms with Crippen molar-refractivity contribution in [2.45, 2.75) is 25.8 Å². The van der Waals surface area contributed by atoms with Gasteiger partial charge in [0.05, 0.1) is 32.5 Å². The predicted octanol–water partition coefficient (Wildman–Crippen LogP) is 15.9. The van der Waals surface area contributed by atoms with Crippen LogP contribution < -0.4 is 9.80 Å². The lowest BCUT2D eigenvalue weighted by Crippen LogP contribution is -2.35. The monoisotopic (exact) mass is 766 g/mol. The molecular formula is C53H38N2S2. The molecular weight excluding hydrogens is 729 g/mol. The first kappa shape index (κ1) is 33.0. The zero-order chi connectivity index (χ0) is 37.6. The molecule has 0 saturated heterocycles. The largest absolute Gasteiger partial charge is 0.332 e. The molecule has 2 heterocycles. The van der Waals surface area contributed by atoms with Crippen molar-refractivity contribution in [1.29, 1.82) is 0 Å². The van der Waals surface area contributed by atoms with Crippen LogP contribution >= 0.6 is 22.7 Å². The normalized spacial score (nSPS) is 16.5. The lowest BCUT2D eigenvalue weighted by atomic mass is 9.90. The van der Waals surface area contributed by atoms with E-state index in [-0.39, 0.29) is 6.04 Å². The number of hydrogen-bond acceptors (Lipinski definition) is 4. The van der Waals surface area contributed by atoms with Gasteiger partial charge in [-0.15, -0.1) is 22.7 Å². The van der Waals surface area contributed by atoms with Crippen LogP contribution in [-0.2, 0) is 6.42 Å². The van der Waals surface area contributed by atoms with E-state index >= 15 is 0 Å². The standard InChI is InChI=1S/C53H38N2S2/c1-33-13-5-8-20-43(33)55(47-22-12-19-40-38-17-7-10-24-49(38)57-53(40)47)45-32-28-35-25-29-41-44(31-27-34-26-30-42(45)51(35)50(34)41)54(36-14-3-2-4-15-36)46-21-11-18-39-37-16-6-9-23-48(37)56-52(39)46/h2-9,11-23,25-33,43H,10,24H2,1H3. The first-order valence-corrected chi connectivity index (χ1v) is 21.7. The molecule has 8 aromatic carbocycles. The van der Waals surface area contributed by atoms with Gasteiger partial charge in [0.1, 0.15) is 0 Å². The van der Waals surface area contributed by atoms with Crippen molar-refractivity contribution in [3.63, 3.8) is 0 Å². The summed E-state index contributed by atoms with van der Waals surface area (Å²) in [6.07, 6.45) is 16.1. The zero-order valence-corrected chi connectivity index (χ0v) is 33.2. The smallest absolute Gasteiger partial charge is 0.0640 e. The molecule has 0 saturated carbocycles. The molecule has 2 atom stereocenters. The summed E-state index contributed by atoms with van der Waals surface area (Å²) in [5, 5.41) is 11.7. The Morgan fingerprint density at radius 1 is 0.526 bits per heavy atom. The third-order valence-electron chi connectivity index (χ3n) is 12.3. The number of allylic oxidation sites excluding steroid dienone is 3. The van der Waals surface area contributed by atoms with Gasteiger partial charge in [-0.2, -0.15) is 0 Å².